The number of nitrogens with zero attached hydrogens (tertiary/aromatic N) is 1. The number of pyridine rings is 1. The molecule has 1 aromatic carbocycles. The maximum Gasteiger partial charge on any atom is 0.326 e. The van der Waals surface area contributed by atoms with Gasteiger partial charge in [0.15, 0.2) is 11.9 Å². The van der Waals surface area contributed by atoms with E-state index >= 15 is 0 Å². The number of rotatable bonds is 7. The topological polar surface area (TPSA) is 114 Å². The monoisotopic (exact) mass is 403 g/mol. The van der Waals surface area contributed by atoms with Crippen LogP contribution in [0.1, 0.15) is 34.7 Å². The molecule has 2 aromatic rings. The molecular formula is C19H18ClN3O5. The van der Waals surface area contributed by atoms with Crippen LogP contribution in [0.5, 0.6) is 0 Å². The van der Waals surface area contributed by atoms with Crippen molar-refractivity contribution in [3.63, 3.8) is 0 Å². The minimum atomic E-state index is -1.08. The van der Waals surface area contributed by atoms with Gasteiger partial charge in [0.25, 0.3) is 11.8 Å². The quantitative estimate of drug-likeness (QED) is 0.541. The van der Waals surface area contributed by atoms with Crippen molar-refractivity contribution < 1.29 is 23.9 Å². The Balaban J connectivity index is 1.81. The number of ketones is 1. The van der Waals surface area contributed by atoms with Gasteiger partial charge < -0.3 is 15.4 Å². The lowest BCUT2D eigenvalue weighted by Crippen LogP contribution is -2.36. The lowest BCUT2D eigenvalue weighted by Gasteiger charge is -2.14. The second-order valence-electron chi connectivity index (χ2n) is 5.80. The van der Waals surface area contributed by atoms with Gasteiger partial charge in [0.1, 0.15) is 12.2 Å². The largest absolute Gasteiger partial charge is 0.451 e. The van der Waals surface area contributed by atoms with E-state index in [1.807, 2.05) is 0 Å². The summed E-state index contributed by atoms with van der Waals surface area (Å²) in [6.45, 7) is 2.41. The van der Waals surface area contributed by atoms with Crippen molar-refractivity contribution in [3.05, 3.63) is 58.9 Å². The van der Waals surface area contributed by atoms with E-state index < -0.39 is 30.4 Å². The van der Waals surface area contributed by atoms with Crippen molar-refractivity contribution in [2.75, 3.05) is 11.9 Å². The Hall–Kier alpha value is -3.26. The number of ether oxygens (including phenoxy) is 1. The molecule has 1 atom stereocenters. The van der Waals surface area contributed by atoms with Crippen LogP contribution in [-0.4, -0.2) is 41.2 Å². The first kappa shape index (κ1) is 21.0. The van der Waals surface area contributed by atoms with E-state index in [-0.39, 0.29) is 11.5 Å². The molecule has 146 valence electrons. The molecule has 0 aliphatic carbocycles. The molecule has 2 rings (SSSR count). The van der Waals surface area contributed by atoms with Gasteiger partial charge in [0, 0.05) is 22.5 Å². The second-order valence-corrected chi connectivity index (χ2v) is 6.23. The molecule has 0 saturated carbocycles. The number of aromatic nitrogens is 1. The Kier molecular flexibility index (Phi) is 7.22. The highest BCUT2D eigenvalue weighted by Gasteiger charge is 2.19. The van der Waals surface area contributed by atoms with Crippen LogP contribution in [0.2, 0.25) is 5.02 Å². The molecule has 1 heterocycles. The molecule has 9 heteroatoms. The Morgan fingerprint density at radius 1 is 1.14 bits per heavy atom. The number of anilines is 1. The van der Waals surface area contributed by atoms with Crippen molar-refractivity contribution >= 4 is 40.9 Å². The van der Waals surface area contributed by atoms with Crippen molar-refractivity contribution in [1.82, 2.24) is 10.3 Å². The van der Waals surface area contributed by atoms with E-state index in [9.17, 15) is 19.2 Å². The van der Waals surface area contributed by atoms with E-state index in [1.54, 1.807) is 24.3 Å². The fraction of sp³-hybridized carbons (Fsp3) is 0.211. The summed E-state index contributed by atoms with van der Waals surface area (Å²) >= 11 is 5.77. The first-order valence-corrected chi connectivity index (χ1v) is 8.65. The van der Waals surface area contributed by atoms with Crippen molar-refractivity contribution in [2.24, 2.45) is 0 Å². The molecule has 0 saturated heterocycles. The zero-order chi connectivity index (χ0) is 20.7. The molecular weight excluding hydrogens is 386 g/mol. The number of halogens is 1. The third-order valence-electron chi connectivity index (χ3n) is 3.58. The Morgan fingerprint density at radius 2 is 1.82 bits per heavy atom. The number of hydrogen-bond donors (Lipinski definition) is 2. The molecule has 0 aliphatic heterocycles. The highest BCUT2D eigenvalue weighted by Crippen LogP contribution is 2.11. The molecule has 2 amide bonds. The number of benzene rings is 1. The summed E-state index contributed by atoms with van der Waals surface area (Å²) in [5.41, 5.74) is 1.03. The molecule has 0 spiro atoms. The van der Waals surface area contributed by atoms with E-state index in [4.69, 9.17) is 16.3 Å². The number of carbonyl (C=O) groups excluding carboxylic acids is 4. The van der Waals surface area contributed by atoms with E-state index in [0.29, 0.717) is 16.3 Å². The minimum Gasteiger partial charge on any atom is -0.451 e. The summed E-state index contributed by atoms with van der Waals surface area (Å²) in [5.74, 6) is -2.02. The minimum absolute atomic E-state index is 0.0556. The van der Waals surface area contributed by atoms with Gasteiger partial charge in [-0.3, -0.25) is 24.2 Å². The average Bonchev–Trinajstić information content (AvgIpc) is 2.66. The van der Waals surface area contributed by atoms with Gasteiger partial charge in [-0.15, -0.1) is 0 Å². The van der Waals surface area contributed by atoms with Crippen molar-refractivity contribution in [3.8, 4) is 0 Å². The number of amides is 2. The summed E-state index contributed by atoms with van der Waals surface area (Å²) in [6, 6.07) is 9.17. The van der Waals surface area contributed by atoms with E-state index in [0.717, 1.165) is 0 Å². The number of Topliss-reactive ketones (excluding diaryl/α,β-unsaturated/α-hetero) is 1. The SMILES string of the molecule is CC(=O)c1ccc(NC(=O)[C@H](C)OC(=O)CNC(=O)c2cc(Cl)ccn2)cc1. The summed E-state index contributed by atoms with van der Waals surface area (Å²) in [6.07, 6.45) is 0.284. The van der Waals surface area contributed by atoms with Crippen LogP contribution in [0.25, 0.3) is 0 Å². The highest BCUT2D eigenvalue weighted by molar-refractivity contribution is 6.30. The van der Waals surface area contributed by atoms with E-state index in [1.165, 1.54) is 32.2 Å². The summed E-state index contributed by atoms with van der Waals surface area (Å²) in [5, 5.41) is 5.25. The second kappa shape index (κ2) is 9.61. The number of esters is 1. The lowest BCUT2D eigenvalue weighted by molar-refractivity contribution is -0.152. The van der Waals surface area contributed by atoms with Crippen LogP contribution in [0.15, 0.2) is 42.6 Å². The molecule has 0 radical (unpaired) electrons. The molecule has 0 unspecified atom stereocenters. The van der Waals surface area contributed by atoms with E-state index in [2.05, 4.69) is 15.6 Å². The highest BCUT2D eigenvalue weighted by atomic mass is 35.5. The molecule has 8 nitrogen and oxygen atoms in total. The van der Waals surface area contributed by atoms with Gasteiger partial charge >= 0.3 is 5.97 Å². The first-order valence-electron chi connectivity index (χ1n) is 8.27. The average molecular weight is 404 g/mol. The third kappa shape index (κ3) is 6.17. The van der Waals surface area contributed by atoms with Crippen LogP contribution in [-0.2, 0) is 14.3 Å². The Bertz CT molecular complexity index is 899. The third-order valence-corrected chi connectivity index (χ3v) is 3.82. The van der Waals surface area contributed by atoms with Crippen molar-refractivity contribution in [2.45, 2.75) is 20.0 Å². The normalized spacial score (nSPS) is 11.2. The predicted molar refractivity (Wildman–Crippen MR) is 102 cm³/mol. The fourth-order valence-electron chi connectivity index (χ4n) is 2.10. The summed E-state index contributed by atoms with van der Waals surface area (Å²) in [7, 11) is 0. The smallest absolute Gasteiger partial charge is 0.326 e. The summed E-state index contributed by atoms with van der Waals surface area (Å²) < 4.78 is 4.99. The first-order chi connectivity index (χ1) is 13.3. The maximum atomic E-state index is 12.1. The maximum absolute atomic E-state index is 12.1. The van der Waals surface area contributed by atoms with Crippen LogP contribution in [0.3, 0.4) is 0 Å². The Morgan fingerprint density at radius 3 is 2.43 bits per heavy atom. The molecule has 1 aromatic heterocycles. The number of nitrogens with one attached hydrogen (secondary N) is 2. The summed E-state index contributed by atoms with van der Waals surface area (Å²) in [4.78, 5) is 50.9. The van der Waals surface area contributed by atoms with Gasteiger partial charge in [0.05, 0.1) is 0 Å². The van der Waals surface area contributed by atoms with Crippen LogP contribution >= 0.6 is 11.6 Å². The van der Waals surface area contributed by atoms with Crippen molar-refractivity contribution in [1.29, 1.82) is 0 Å². The van der Waals surface area contributed by atoms with Gasteiger partial charge in [-0.2, -0.15) is 0 Å². The van der Waals surface area contributed by atoms with Gasteiger partial charge in [-0.25, -0.2) is 0 Å². The molecule has 0 aliphatic rings. The van der Waals surface area contributed by atoms with Gasteiger partial charge in [-0.05, 0) is 50.2 Å². The van der Waals surface area contributed by atoms with Gasteiger partial charge in [-0.1, -0.05) is 11.6 Å². The zero-order valence-corrected chi connectivity index (χ0v) is 15.9. The standard InChI is InChI=1S/C19H18ClN3O5/c1-11(24)13-3-5-15(6-4-13)23-18(26)12(2)28-17(25)10-22-19(27)16-9-14(20)7-8-21-16/h3-9,12H,10H2,1-2H3,(H,22,27)(H,23,26)/t12-/m0/s1. The van der Waals surface area contributed by atoms with Crippen LogP contribution < -0.4 is 10.6 Å². The molecule has 2 N–H and O–H groups in total. The van der Waals surface area contributed by atoms with Gasteiger partial charge in [0.2, 0.25) is 0 Å². The predicted octanol–water partition coefficient (Wildman–Crippen LogP) is 2.24. The number of carbonyl (C=O) groups is 4. The fourth-order valence-corrected chi connectivity index (χ4v) is 2.26. The molecule has 0 fully saturated rings. The molecule has 0 bridgehead atoms. The zero-order valence-electron chi connectivity index (χ0n) is 15.2. The van der Waals surface area contributed by atoms with Crippen LogP contribution in [0, 0.1) is 0 Å². The van der Waals surface area contributed by atoms with Crippen LogP contribution in [0.4, 0.5) is 5.69 Å². The Labute approximate surface area is 166 Å². The lowest BCUT2D eigenvalue weighted by atomic mass is 10.1. The number of hydrogen-bond acceptors (Lipinski definition) is 6. The molecule has 28 heavy (non-hydrogen) atoms.